The van der Waals surface area contributed by atoms with Crippen molar-refractivity contribution in [2.24, 2.45) is 0 Å². The van der Waals surface area contributed by atoms with E-state index in [9.17, 15) is 9.59 Å². The van der Waals surface area contributed by atoms with Crippen molar-refractivity contribution in [1.82, 2.24) is 5.32 Å². The standard InChI is InChI=1S/C17H19N3O4/c1-23-15-9-7-14(8-10-15)19-16(21)18-11-12-24-17(22)20-13-5-3-2-4-6-13/h2-10H,11-12H2,1H3,(H,20,22)(H2,18,19,21). The topological polar surface area (TPSA) is 88.7 Å². The van der Waals surface area contributed by atoms with Gasteiger partial charge < -0.3 is 20.1 Å². The van der Waals surface area contributed by atoms with Crippen molar-refractivity contribution in [2.75, 3.05) is 30.9 Å². The normalized spacial score (nSPS) is 9.71. The number of nitrogens with one attached hydrogen (secondary N) is 3. The zero-order valence-corrected chi connectivity index (χ0v) is 13.2. The highest BCUT2D eigenvalue weighted by Crippen LogP contribution is 2.14. The van der Waals surface area contributed by atoms with Crippen LogP contribution in [0.25, 0.3) is 0 Å². The van der Waals surface area contributed by atoms with E-state index in [4.69, 9.17) is 9.47 Å². The second kappa shape index (κ2) is 9.04. The lowest BCUT2D eigenvalue weighted by molar-refractivity contribution is 0.162. The van der Waals surface area contributed by atoms with Crippen molar-refractivity contribution >= 4 is 23.5 Å². The van der Waals surface area contributed by atoms with Crippen molar-refractivity contribution < 1.29 is 19.1 Å². The van der Waals surface area contributed by atoms with Crippen molar-refractivity contribution in [3.05, 3.63) is 54.6 Å². The summed E-state index contributed by atoms with van der Waals surface area (Å²) in [5.74, 6) is 0.707. The van der Waals surface area contributed by atoms with Gasteiger partial charge in [-0.2, -0.15) is 0 Å². The Morgan fingerprint density at radius 1 is 0.917 bits per heavy atom. The summed E-state index contributed by atoms with van der Waals surface area (Å²) < 4.78 is 10.0. The van der Waals surface area contributed by atoms with Gasteiger partial charge in [0.1, 0.15) is 12.4 Å². The molecule has 0 aliphatic heterocycles. The van der Waals surface area contributed by atoms with Crippen LogP contribution in [-0.4, -0.2) is 32.4 Å². The number of para-hydroxylation sites is 1. The number of amides is 3. The zero-order chi connectivity index (χ0) is 17.2. The van der Waals surface area contributed by atoms with Gasteiger partial charge in [0, 0.05) is 11.4 Å². The Morgan fingerprint density at radius 2 is 1.58 bits per heavy atom. The number of methoxy groups -OCH3 is 1. The van der Waals surface area contributed by atoms with E-state index >= 15 is 0 Å². The maximum Gasteiger partial charge on any atom is 0.411 e. The highest BCUT2D eigenvalue weighted by Gasteiger charge is 2.04. The number of rotatable bonds is 6. The molecular formula is C17H19N3O4. The monoisotopic (exact) mass is 329 g/mol. The molecule has 0 unspecified atom stereocenters. The fourth-order valence-corrected chi connectivity index (χ4v) is 1.83. The zero-order valence-electron chi connectivity index (χ0n) is 13.2. The SMILES string of the molecule is COc1ccc(NC(=O)NCCOC(=O)Nc2ccccc2)cc1. The van der Waals surface area contributed by atoms with Crippen LogP contribution in [0.5, 0.6) is 5.75 Å². The first-order valence-electron chi connectivity index (χ1n) is 7.35. The second-order valence-electron chi connectivity index (χ2n) is 4.74. The Hall–Kier alpha value is -3.22. The number of hydrogen-bond donors (Lipinski definition) is 3. The summed E-state index contributed by atoms with van der Waals surface area (Å²) in [5, 5.41) is 7.83. The quantitative estimate of drug-likeness (QED) is 0.711. The number of benzene rings is 2. The lowest BCUT2D eigenvalue weighted by Crippen LogP contribution is -2.32. The third-order valence-electron chi connectivity index (χ3n) is 2.99. The summed E-state index contributed by atoms with van der Waals surface area (Å²) in [5.41, 5.74) is 1.28. The molecule has 7 heteroatoms. The van der Waals surface area contributed by atoms with Gasteiger partial charge in [0.25, 0.3) is 0 Å². The summed E-state index contributed by atoms with van der Waals surface area (Å²) in [6.45, 7) is 0.263. The Labute approximate surface area is 140 Å². The molecule has 0 aliphatic carbocycles. The minimum absolute atomic E-state index is 0.0642. The third-order valence-corrected chi connectivity index (χ3v) is 2.99. The van der Waals surface area contributed by atoms with Crippen LogP contribution in [0, 0.1) is 0 Å². The van der Waals surface area contributed by atoms with Gasteiger partial charge in [0.15, 0.2) is 0 Å². The molecule has 0 heterocycles. The molecule has 0 saturated heterocycles. The number of ether oxygens (including phenoxy) is 2. The van der Waals surface area contributed by atoms with Gasteiger partial charge in [-0.25, -0.2) is 9.59 Å². The molecular weight excluding hydrogens is 310 g/mol. The molecule has 0 fully saturated rings. The van der Waals surface area contributed by atoms with Crippen molar-refractivity contribution in [3.63, 3.8) is 0 Å². The fourth-order valence-electron chi connectivity index (χ4n) is 1.83. The molecule has 0 aromatic heterocycles. The third kappa shape index (κ3) is 5.88. The van der Waals surface area contributed by atoms with Crippen LogP contribution in [0.4, 0.5) is 21.0 Å². The highest BCUT2D eigenvalue weighted by molar-refractivity contribution is 5.89. The maximum atomic E-state index is 11.7. The number of hydrogen-bond acceptors (Lipinski definition) is 4. The molecule has 2 aromatic rings. The minimum atomic E-state index is -0.571. The molecule has 3 amide bonds. The number of carbonyl (C=O) groups is 2. The first kappa shape index (κ1) is 17.1. The largest absolute Gasteiger partial charge is 0.497 e. The first-order valence-corrected chi connectivity index (χ1v) is 7.35. The van der Waals surface area contributed by atoms with Gasteiger partial charge in [-0.3, -0.25) is 5.32 Å². The van der Waals surface area contributed by atoms with E-state index in [1.165, 1.54) is 0 Å². The lowest BCUT2D eigenvalue weighted by atomic mass is 10.3. The Kier molecular flexibility index (Phi) is 6.46. The Morgan fingerprint density at radius 3 is 2.25 bits per heavy atom. The van der Waals surface area contributed by atoms with Gasteiger partial charge in [-0.05, 0) is 36.4 Å². The Balaban J connectivity index is 1.62. The first-order chi connectivity index (χ1) is 11.7. The average Bonchev–Trinajstić information content (AvgIpc) is 2.60. The van der Waals surface area contributed by atoms with Crippen LogP contribution in [0.2, 0.25) is 0 Å². The predicted octanol–water partition coefficient (Wildman–Crippen LogP) is 3.07. The molecule has 2 aromatic carbocycles. The van der Waals surface area contributed by atoms with Crippen LogP contribution in [0.1, 0.15) is 0 Å². The van der Waals surface area contributed by atoms with Gasteiger partial charge >= 0.3 is 12.1 Å². The summed E-state index contributed by atoms with van der Waals surface area (Å²) in [7, 11) is 1.57. The van der Waals surface area contributed by atoms with E-state index in [1.807, 2.05) is 6.07 Å². The van der Waals surface area contributed by atoms with Crippen LogP contribution < -0.4 is 20.7 Å². The van der Waals surface area contributed by atoms with Crippen molar-refractivity contribution in [2.45, 2.75) is 0 Å². The van der Waals surface area contributed by atoms with Gasteiger partial charge in [-0.15, -0.1) is 0 Å². The molecule has 0 radical (unpaired) electrons. The second-order valence-corrected chi connectivity index (χ2v) is 4.74. The smallest absolute Gasteiger partial charge is 0.411 e. The van der Waals surface area contributed by atoms with Gasteiger partial charge in [-0.1, -0.05) is 18.2 Å². The van der Waals surface area contributed by atoms with E-state index in [2.05, 4.69) is 16.0 Å². The van der Waals surface area contributed by atoms with Gasteiger partial charge in [0.2, 0.25) is 0 Å². The number of anilines is 2. The van der Waals surface area contributed by atoms with Crippen LogP contribution in [0.3, 0.4) is 0 Å². The fraction of sp³-hybridized carbons (Fsp3) is 0.176. The van der Waals surface area contributed by atoms with E-state index in [0.717, 1.165) is 0 Å². The van der Waals surface area contributed by atoms with E-state index in [1.54, 1.807) is 55.6 Å². The summed E-state index contributed by atoms with van der Waals surface area (Å²) in [4.78, 5) is 23.2. The van der Waals surface area contributed by atoms with Gasteiger partial charge in [0.05, 0.1) is 13.7 Å². The maximum absolute atomic E-state index is 11.7. The molecule has 3 N–H and O–H groups in total. The predicted molar refractivity (Wildman–Crippen MR) is 91.4 cm³/mol. The van der Waals surface area contributed by atoms with Crippen LogP contribution >= 0.6 is 0 Å². The highest BCUT2D eigenvalue weighted by atomic mass is 16.5. The van der Waals surface area contributed by atoms with E-state index < -0.39 is 6.09 Å². The lowest BCUT2D eigenvalue weighted by Gasteiger charge is -2.09. The molecule has 0 spiro atoms. The average molecular weight is 329 g/mol. The molecule has 24 heavy (non-hydrogen) atoms. The van der Waals surface area contributed by atoms with Crippen LogP contribution in [-0.2, 0) is 4.74 Å². The minimum Gasteiger partial charge on any atom is -0.497 e. The Bertz CT molecular complexity index is 659. The van der Waals surface area contributed by atoms with Crippen molar-refractivity contribution in [1.29, 1.82) is 0 Å². The summed E-state index contributed by atoms with van der Waals surface area (Å²) in [6, 6.07) is 15.5. The van der Waals surface area contributed by atoms with E-state index in [-0.39, 0.29) is 19.2 Å². The molecule has 0 saturated carbocycles. The summed E-state index contributed by atoms with van der Waals surface area (Å²) in [6.07, 6.45) is -0.571. The van der Waals surface area contributed by atoms with Crippen LogP contribution in [0.15, 0.2) is 54.6 Å². The van der Waals surface area contributed by atoms with E-state index in [0.29, 0.717) is 17.1 Å². The number of urea groups is 1. The molecule has 0 bridgehead atoms. The molecule has 126 valence electrons. The molecule has 0 aliphatic rings. The molecule has 7 nitrogen and oxygen atoms in total. The molecule has 2 rings (SSSR count). The van der Waals surface area contributed by atoms with Crippen molar-refractivity contribution in [3.8, 4) is 5.75 Å². The molecule has 0 atom stereocenters. The summed E-state index contributed by atoms with van der Waals surface area (Å²) >= 11 is 0. The number of carbonyl (C=O) groups excluding carboxylic acids is 2.